The molecule has 8 nitrogen and oxygen atoms in total. The molecule has 0 unspecified atom stereocenters. The molecule has 120 valence electrons. The SMILES string of the molecule is CC(C)[C@@H](C)NC(=O)COC(=O)c1ccc(N)c([N+](=O)[O-])c1. The van der Waals surface area contributed by atoms with E-state index in [1.54, 1.807) is 0 Å². The molecule has 8 heteroatoms. The first-order valence-corrected chi connectivity index (χ1v) is 6.72. The van der Waals surface area contributed by atoms with Crippen molar-refractivity contribution in [2.75, 3.05) is 12.3 Å². The van der Waals surface area contributed by atoms with Crippen LogP contribution in [-0.2, 0) is 9.53 Å². The second kappa shape index (κ2) is 7.39. The first-order chi connectivity index (χ1) is 10.2. The molecule has 0 bridgehead atoms. The largest absolute Gasteiger partial charge is 0.452 e. The van der Waals surface area contributed by atoms with E-state index >= 15 is 0 Å². The van der Waals surface area contributed by atoms with Gasteiger partial charge < -0.3 is 15.8 Å². The molecule has 0 aliphatic carbocycles. The topological polar surface area (TPSA) is 125 Å². The molecule has 1 aromatic rings. The summed E-state index contributed by atoms with van der Waals surface area (Å²) in [7, 11) is 0. The van der Waals surface area contributed by atoms with Crippen LogP contribution in [0.15, 0.2) is 18.2 Å². The van der Waals surface area contributed by atoms with Crippen molar-refractivity contribution in [2.45, 2.75) is 26.8 Å². The summed E-state index contributed by atoms with van der Waals surface area (Å²) in [6.07, 6.45) is 0. The predicted octanol–water partition coefficient (Wildman–Crippen LogP) is 1.49. The Labute approximate surface area is 127 Å². The molecule has 0 radical (unpaired) electrons. The number of nitro benzene ring substituents is 1. The molecule has 0 spiro atoms. The van der Waals surface area contributed by atoms with Gasteiger partial charge in [0.2, 0.25) is 0 Å². The third kappa shape index (κ3) is 4.72. The van der Waals surface area contributed by atoms with E-state index in [0.717, 1.165) is 6.07 Å². The van der Waals surface area contributed by atoms with Gasteiger partial charge in [0.05, 0.1) is 10.5 Å². The van der Waals surface area contributed by atoms with Gasteiger partial charge in [0.15, 0.2) is 6.61 Å². The van der Waals surface area contributed by atoms with Crippen LogP contribution in [0.1, 0.15) is 31.1 Å². The molecule has 0 saturated carbocycles. The molecular weight excluding hydrogens is 290 g/mol. The second-order valence-corrected chi connectivity index (χ2v) is 5.21. The van der Waals surface area contributed by atoms with E-state index < -0.39 is 23.4 Å². The summed E-state index contributed by atoms with van der Waals surface area (Å²) < 4.78 is 4.83. The number of carbonyl (C=O) groups is 2. The van der Waals surface area contributed by atoms with Crippen molar-refractivity contribution in [2.24, 2.45) is 5.92 Å². The van der Waals surface area contributed by atoms with Crippen LogP contribution >= 0.6 is 0 Å². The third-order valence-corrected chi connectivity index (χ3v) is 3.19. The number of hydrogen-bond donors (Lipinski definition) is 2. The van der Waals surface area contributed by atoms with Crippen LogP contribution < -0.4 is 11.1 Å². The van der Waals surface area contributed by atoms with Gasteiger partial charge in [-0.2, -0.15) is 0 Å². The minimum Gasteiger partial charge on any atom is -0.452 e. The number of nitrogens with two attached hydrogens (primary N) is 1. The summed E-state index contributed by atoms with van der Waals surface area (Å²) in [6.45, 7) is 5.29. The van der Waals surface area contributed by atoms with Gasteiger partial charge in [0, 0.05) is 12.1 Å². The summed E-state index contributed by atoms with van der Waals surface area (Å²) >= 11 is 0. The Kier molecular flexibility index (Phi) is 5.85. The number of benzene rings is 1. The fourth-order valence-electron chi connectivity index (χ4n) is 1.51. The molecule has 1 atom stereocenters. The molecule has 0 saturated heterocycles. The zero-order valence-corrected chi connectivity index (χ0v) is 12.7. The number of rotatable bonds is 6. The van der Waals surface area contributed by atoms with Crippen LogP contribution in [0, 0.1) is 16.0 Å². The number of ether oxygens (including phenoxy) is 1. The molecule has 0 fully saturated rings. The third-order valence-electron chi connectivity index (χ3n) is 3.19. The smallest absolute Gasteiger partial charge is 0.338 e. The van der Waals surface area contributed by atoms with E-state index in [1.165, 1.54) is 12.1 Å². The highest BCUT2D eigenvalue weighted by Crippen LogP contribution is 2.22. The number of nitrogens with zero attached hydrogens (tertiary/aromatic N) is 1. The minimum atomic E-state index is -0.824. The quantitative estimate of drug-likeness (QED) is 0.355. The molecule has 1 aromatic carbocycles. The Balaban J connectivity index is 2.65. The summed E-state index contributed by atoms with van der Waals surface area (Å²) in [4.78, 5) is 33.5. The van der Waals surface area contributed by atoms with Crippen LogP contribution in [0.4, 0.5) is 11.4 Å². The average Bonchev–Trinajstić information content (AvgIpc) is 2.44. The lowest BCUT2D eigenvalue weighted by molar-refractivity contribution is -0.383. The first kappa shape index (κ1) is 17.4. The summed E-state index contributed by atoms with van der Waals surface area (Å²) in [6, 6.07) is 3.52. The number of carbonyl (C=O) groups excluding carboxylic acids is 2. The van der Waals surface area contributed by atoms with Gasteiger partial charge in [-0.05, 0) is 25.0 Å². The van der Waals surface area contributed by atoms with Gasteiger partial charge in [-0.25, -0.2) is 4.79 Å². The van der Waals surface area contributed by atoms with Crippen molar-refractivity contribution in [3.8, 4) is 0 Å². The maximum atomic E-state index is 11.8. The highest BCUT2D eigenvalue weighted by molar-refractivity contribution is 5.92. The highest BCUT2D eigenvalue weighted by atomic mass is 16.6. The van der Waals surface area contributed by atoms with Crippen molar-refractivity contribution in [1.29, 1.82) is 0 Å². The second-order valence-electron chi connectivity index (χ2n) is 5.21. The zero-order chi connectivity index (χ0) is 16.9. The number of nitrogens with one attached hydrogen (secondary N) is 1. The fourth-order valence-corrected chi connectivity index (χ4v) is 1.51. The zero-order valence-electron chi connectivity index (χ0n) is 12.7. The van der Waals surface area contributed by atoms with Gasteiger partial charge in [0.1, 0.15) is 5.69 Å². The van der Waals surface area contributed by atoms with E-state index in [1.807, 2.05) is 20.8 Å². The molecular formula is C14H19N3O5. The Morgan fingerprint density at radius 2 is 2.00 bits per heavy atom. The van der Waals surface area contributed by atoms with Crippen LogP contribution in [0.25, 0.3) is 0 Å². The fraction of sp³-hybridized carbons (Fsp3) is 0.429. The van der Waals surface area contributed by atoms with Crippen molar-refractivity contribution in [3.05, 3.63) is 33.9 Å². The lowest BCUT2D eigenvalue weighted by atomic mass is 10.1. The van der Waals surface area contributed by atoms with Crippen molar-refractivity contribution < 1.29 is 19.2 Å². The van der Waals surface area contributed by atoms with Crippen molar-refractivity contribution >= 4 is 23.3 Å². The lowest BCUT2D eigenvalue weighted by Gasteiger charge is -2.17. The number of nitro groups is 1. The van der Waals surface area contributed by atoms with Crippen LogP contribution in [-0.4, -0.2) is 29.4 Å². The molecule has 1 rings (SSSR count). The van der Waals surface area contributed by atoms with Crippen LogP contribution in [0.3, 0.4) is 0 Å². The van der Waals surface area contributed by atoms with E-state index in [4.69, 9.17) is 10.5 Å². The average molecular weight is 309 g/mol. The summed E-state index contributed by atoms with van der Waals surface area (Å²) in [5.74, 6) is -1.01. The minimum absolute atomic E-state index is 0.0365. The monoisotopic (exact) mass is 309 g/mol. The Hall–Kier alpha value is -2.64. The van der Waals surface area contributed by atoms with Crippen LogP contribution in [0.2, 0.25) is 0 Å². The van der Waals surface area contributed by atoms with Gasteiger partial charge >= 0.3 is 5.97 Å². The number of amides is 1. The van der Waals surface area contributed by atoms with Crippen molar-refractivity contribution in [1.82, 2.24) is 5.32 Å². The molecule has 0 aromatic heterocycles. The molecule has 3 N–H and O–H groups in total. The van der Waals surface area contributed by atoms with E-state index in [0.29, 0.717) is 0 Å². The Morgan fingerprint density at radius 3 is 2.55 bits per heavy atom. The lowest BCUT2D eigenvalue weighted by Crippen LogP contribution is -2.38. The maximum Gasteiger partial charge on any atom is 0.338 e. The van der Waals surface area contributed by atoms with E-state index in [-0.39, 0.29) is 28.9 Å². The molecule has 1 amide bonds. The standard InChI is InChI=1S/C14H19N3O5/c1-8(2)9(3)16-13(18)7-22-14(19)10-4-5-11(15)12(6-10)17(20)21/h4-6,8-9H,7,15H2,1-3H3,(H,16,18)/t9-/m1/s1. The van der Waals surface area contributed by atoms with Gasteiger partial charge in [-0.1, -0.05) is 13.8 Å². The summed E-state index contributed by atoms with van der Waals surface area (Å²) in [5, 5.41) is 13.4. The van der Waals surface area contributed by atoms with E-state index in [2.05, 4.69) is 5.32 Å². The van der Waals surface area contributed by atoms with Gasteiger partial charge in [-0.15, -0.1) is 0 Å². The number of nitrogen functional groups attached to an aromatic ring is 1. The maximum absolute atomic E-state index is 11.8. The Bertz CT molecular complexity index is 586. The number of anilines is 1. The molecule has 22 heavy (non-hydrogen) atoms. The predicted molar refractivity (Wildman–Crippen MR) is 80.2 cm³/mol. The van der Waals surface area contributed by atoms with Crippen molar-refractivity contribution in [3.63, 3.8) is 0 Å². The van der Waals surface area contributed by atoms with E-state index in [9.17, 15) is 19.7 Å². The first-order valence-electron chi connectivity index (χ1n) is 6.72. The van der Waals surface area contributed by atoms with Gasteiger partial charge in [-0.3, -0.25) is 14.9 Å². The molecule has 0 heterocycles. The normalized spacial score (nSPS) is 11.8. The number of esters is 1. The summed E-state index contributed by atoms with van der Waals surface area (Å²) in [5.41, 5.74) is 4.97. The number of hydrogen-bond acceptors (Lipinski definition) is 6. The van der Waals surface area contributed by atoms with Crippen LogP contribution in [0.5, 0.6) is 0 Å². The highest BCUT2D eigenvalue weighted by Gasteiger charge is 2.18. The molecule has 0 aliphatic rings. The molecule has 0 aliphatic heterocycles. The Morgan fingerprint density at radius 1 is 1.36 bits per heavy atom. The van der Waals surface area contributed by atoms with Gasteiger partial charge in [0.25, 0.3) is 11.6 Å².